The molecule has 0 saturated heterocycles. The highest BCUT2D eigenvalue weighted by Crippen LogP contribution is 2.26. The molecule has 0 aliphatic rings. The van der Waals surface area contributed by atoms with Crippen molar-refractivity contribution in [3.8, 4) is 17.3 Å². The molecule has 1 amide bonds. The Hall–Kier alpha value is -4.07. The minimum absolute atomic E-state index is 0.186. The third kappa shape index (κ3) is 4.75. The number of aryl methyl sites for hydroxylation is 1. The molecule has 0 unspecified atom stereocenters. The van der Waals surface area contributed by atoms with Crippen molar-refractivity contribution >= 4 is 5.91 Å². The molecule has 8 heteroatoms. The molecule has 4 aromatic rings. The van der Waals surface area contributed by atoms with Crippen LogP contribution in [-0.4, -0.2) is 27.6 Å². The van der Waals surface area contributed by atoms with E-state index in [1.165, 1.54) is 0 Å². The minimum Gasteiger partial charge on any atom is -0.493 e. The van der Waals surface area contributed by atoms with Crippen molar-refractivity contribution in [1.29, 1.82) is 0 Å². The number of benzene rings is 1. The number of aromatic nitrogens is 3. The Bertz CT molecular complexity index is 1180. The number of carbonyl (C=O) groups excluding carboxylic acids is 1. The second-order valence-electron chi connectivity index (χ2n) is 6.75. The van der Waals surface area contributed by atoms with Crippen LogP contribution >= 0.6 is 0 Å². The summed E-state index contributed by atoms with van der Waals surface area (Å²) in [5, 5.41) is 2.86. The fourth-order valence-electron chi connectivity index (χ4n) is 3.06. The number of hydrogen-bond donors (Lipinski definition) is 1. The van der Waals surface area contributed by atoms with Crippen LogP contribution in [0.5, 0.6) is 11.5 Å². The molecule has 3 heterocycles. The lowest BCUT2D eigenvalue weighted by Gasteiger charge is -2.09. The van der Waals surface area contributed by atoms with Crippen LogP contribution in [0.25, 0.3) is 5.82 Å². The van der Waals surface area contributed by atoms with Crippen molar-refractivity contribution in [2.75, 3.05) is 7.11 Å². The van der Waals surface area contributed by atoms with E-state index in [2.05, 4.69) is 15.3 Å². The zero-order valence-electron chi connectivity index (χ0n) is 17.2. The summed E-state index contributed by atoms with van der Waals surface area (Å²) in [7, 11) is 1.58. The van der Waals surface area contributed by atoms with Crippen molar-refractivity contribution in [3.05, 3.63) is 90.0 Å². The molecule has 0 radical (unpaired) electrons. The lowest BCUT2D eigenvalue weighted by molar-refractivity contribution is 0.0919. The zero-order chi connectivity index (χ0) is 21.6. The number of para-hydroxylation sites is 2. The fraction of sp³-hybridized carbons (Fsp3) is 0.174. The summed E-state index contributed by atoms with van der Waals surface area (Å²) < 4.78 is 18.5. The number of furan rings is 1. The molecule has 8 nitrogen and oxygen atoms in total. The molecular formula is C23H22N4O4. The van der Waals surface area contributed by atoms with Crippen LogP contribution in [0.1, 0.15) is 27.7 Å². The number of carbonyl (C=O) groups is 1. The van der Waals surface area contributed by atoms with Gasteiger partial charge in [-0.2, -0.15) is 0 Å². The van der Waals surface area contributed by atoms with E-state index in [9.17, 15) is 4.79 Å². The molecule has 158 valence electrons. The minimum atomic E-state index is -0.305. The zero-order valence-corrected chi connectivity index (χ0v) is 17.2. The van der Waals surface area contributed by atoms with Gasteiger partial charge in [0.1, 0.15) is 24.0 Å². The summed E-state index contributed by atoms with van der Waals surface area (Å²) >= 11 is 0. The lowest BCUT2D eigenvalue weighted by atomic mass is 10.2. The maximum atomic E-state index is 12.5. The summed E-state index contributed by atoms with van der Waals surface area (Å²) in [6.07, 6.45) is 5.27. The average Bonchev–Trinajstić information content (AvgIpc) is 3.45. The maximum Gasteiger partial charge on any atom is 0.287 e. The number of nitrogens with one attached hydrogen (secondary N) is 1. The van der Waals surface area contributed by atoms with E-state index in [0.29, 0.717) is 23.8 Å². The Morgan fingerprint density at radius 3 is 2.71 bits per heavy atom. The van der Waals surface area contributed by atoms with Crippen molar-refractivity contribution < 1.29 is 18.7 Å². The van der Waals surface area contributed by atoms with Gasteiger partial charge in [0.25, 0.3) is 5.91 Å². The second kappa shape index (κ2) is 9.17. The van der Waals surface area contributed by atoms with Gasteiger partial charge in [0.15, 0.2) is 17.3 Å². The Morgan fingerprint density at radius 1 is 1.10 bits per heavy atom. The molecule has 4 rings (SSSR count). The molecule has 0 saturated carbocycles. The summed E-state index contributed by atoms with van der Waals surface area (Å²) in [4.78, 5) is 21.0. The van der Waals surface area contributed by atoms with Crippen molar-refractivity contribution in [2.45, 2.75) is 20.1 Å². The van der Waals surface area contributed by atoms with Crippen LogP contribution in [0.4, 0.5) is 0 Å². The molecular weight excluding hydrogens is 396 g/mol. The van der Waals surface area contributed by atoms with Gasteiger partial charge in [0.2, 0.25) is 0 Å². The first kappa shape index (κ1) is 20.2. The third-order valence-corrected chi connectivity index (χ3v) is 4.66. The Balaban J connectivity index is 1.35. The van der Waals surface area contributed by atoms with E-state index in [1.807, 2.05) is 54.1 Å². The first-order valence-electron chi connectivity index (χ1n) is 9.72. The van der Waals surface area contributed by atoms with E-state index < -0.39 is 0 Å². The molecule has 0 aliphatic heterocycles. The van der Waals surface area contributed by atoms with Crippen LogP contribution in [0.2, 0.25) is 0 Å². The predicted molar refractivity (Wildman–Crippen MR) is 113 cm³/mol. The van der Waals surface area contributed by atoms with Gasteiger partial charge in [-0.05, 0) is 48.9 Å². The first-order valence-corrected chi connectivity index (χ1v) is 9.72. The van der Waals surface area contributed by atoms with Crippen molar-refractivity contribution in [1.82, 2.24) is 19.9 Å². The predicted octanol–water partition coefficient (Wildman–Crippen LogP) is 3.69. The van der Waals surface area contributed by atoms with Gasteiger partial charge in [0.05, 0.1) is 7.11 Å². The number of methoxy groups -OCH3 is 1. The van der Waals surface area contributed by atoms with Crippen LogP contribution in [0, 0.1) is 6.92 Å². The summed E-state index contributed by atoms with van der Waals surface area (Å²) in [5.74, 6) is 3.28. The van der Waals surface area contributed by atoms with Gasteiger partial charge in [-0.3, -0.25) is 9.36 Å². The summed E-state index contributed by atoms with van der Waals surface area (Å²) in [5.41, 5.74) is 0.915. The number of ether oxygens (including phenoxy) is 2. The maximum absolute atomic E-state index is 12.5. The third-order valence-electron chi connectivity index (χ3n) is 4.66. The first-order chi connectivity index (χ1) is 15.1. The van der Waals surface area contributed by atoms with E-state index in [0.717, 1.165) is 17.2 Å². The number of rotatable bonds is 8. The van der Waals surface area contributed by atoms with Gasteiger partial charge in [-0.15, -0.1) is 0 Å². The molecule has 1 aromatic carbocycles. The number of nitrogens with zero attached hydrogens (tertiary/aromatic N) is 3. The largest absolute Gasteiger partial charge is 0.493 e. The van der Waals surface area contributed by atoms with Gasteiger partial charge in [0, 0.05) is 25.1 Å². The van der Waals surface area contributed by atoms with Crippen molar-refractivity contribution in [3.63, 3.8) is 0 Å². The highest BCUT2D eigenvalue weighted by Gasteiger charge is 2.13. The Labute approximate surface area is 179 Å². The highest BCUT2D eigenvalue weighted by molar-refractivity contribution is 5.91. The number of imidazole rings is 1. The van der Waals surface area contributed by atoms with Gasteiger partial charge < -0.3 is 19.2 Å². The van der Waals surface area contributed by atoms with E-state index in [1.54, 1.807) is 31.6 Å². The highest BCUT2D eigenvalue weighted by atomic mass is 16.5. The second-order valence-corrected chi connectivity index (χ2v) is 6.75. The molecule has 3 aromatic heterocycles. The van der Waals surface area contributed by atoms with Gasteiger partial charge in [-0.1, -0.05) is 12.1 Å². The molecule has 0 spiro atoms. The summed E-state index contributed by atoms with van der Waals surface area (Å²) in [6.45, 7) is 2.43. The van der Waals surface area contributed by atoms with Crippen LogP contribution in [0.15, 0.2) is 71.5 Å². The molecule has 0 bridgehead atoms. The molecule has 31 heavy (non-hydrogen) atoms. The number of hydrogen-bond acceptors (Lipinski definition) is 6. The quantitative estimate of drug-likeness (QED) is 0.469. The smallest absolute Gasteiger partial charge is 0.287 e. The monoisotopic (exact) mass is 418 g/mol. The average molecular weight is 418 g/mol. The topological polar surface area (TPSA) is 91.4 Å². The molecule has 0 fully saturated rings. The fourth-order valence-corrected chi connectivity index (χ4v) is 3.06. The SMILES string of the molecule is COc1ccccc1OCc1ccc(C(=O)NCc2ccnc(-n3ccnc3C)c2)o1. The van der Waals surface area contributed by atoms with Gasteiger partial charge in [-0.25, -0.2) is 9.97 Å². The standard InChI is InChI=1S/C23H22N4O4/c1-16-24-11-12-27(16)22-13-17(9-10-25-22)14-26-23(28)21-8-7-18(31-21)15-30-20-6-4-3-5-19(20)29-2/h3-13H,14-15H2,1-2H3,(H,26,28). The number of pyridine rings is 1. The van der Waals surface area contributed by atoms with E-state index >= 15 is 0 Å². The summed E-state index contributed by atoms with van der Waals surface area (Å²) in [6, 6.07) is 14.5. The van der Waals surface area contributed by atoms with Crippen LogP contribution < -0.4 is 14.8 Å². The Kier molecular flexibility index (Phi) is 5.98. The van der Waals surface area contributed by atoms with Crippen molar-refractivity contribution in [2.24, 2.45) is 0 Å². The Morgan fingerprint density at radius 2 is 1.94 bits per heavy atom. The van der Waals surface area contributed by atoms with Crippen LogP contribution in [-0.2, 0) is 13.2 Å². The van der Waals surface area contributed by atoms with Gasteiger partial charge >= 0.3 is 0 Å². The van der Waals surface area contributed by atoms with Crippen LogP contribution in [0.3, 0.4) is 0 Å². The normalized spacial score (nSPS) is 10.6. The molecule has 0 aliphatic carbocycles. The molecule has 0 atom stereocenters. The number of amides is 1. The molecule has 1 N–H and O–H groups in total. The lowest BCUT2D eigenvalue weighted by Crippen LogP contribution is -2.22. The van der Waals surface area contributed by atoms with E-state index in [4.69, 9.17) is 13.9 Å². The van der Waals surface area contributed by atoms with E-state index in [-0.39, 0.29) is 18.3 Å².